The molecule has 138 valence electrons. The van der Waals surface area contributed by atoms with Gasteiger partial charge in [-0.1, -0.05) is 19.3 Å². The van der Waals surface area contributed by atoms with Crippen LogP contribution in [0.25, 0.3) is 0 Å². The Morgan fingerprint density at radius 2 is 1.92 bits per heavy atom. The molecule has 1 aliphatic carbocycles. The molecule has 0 radical (unpaired) electrons. The number of piperazine rings is 1. The van der Waals surface area contributed by atoms with E-state index in [9.17, 15) is 13.2 Å². The summed E-state index contributed by atoms with van der Waals surface area (Å²) >= 11 is 0. The highest BCUT2D eigenvalue weighted by molar-refractivity contribution is 7.91. The predicted octanol–water partition coefficient (Wildman–Crippen LogP) is 0.629. The summed E-state index contributed by atoms with van der Waals surface area (Å²) in [7, 11) is -2.97. The molecule has 3 fully saturated rings. The van der Waals surface area contributed by atoms with Crippen LogP contribution in [0.2, 0.25) is 0 Å². The Morgan fingerprint density at radius 3 is 2.54 bits per heavy atom. The fourth-order valence-electron chi connectivity index (χ4n) is 4.43. The van der Waals surface area contributed by atoms with Crippen molar-refractivity contribution in [2.75, 3.05) is 37.7 Å². The molecule has 6 nitrogen and oxygen atoms in total. The second-order valence-corrected chi connectivity index (χ2v) is 9.90. The molecule has 3 aliphatic rings. The van der Waals surface area contributed by atoms with Gasteiger partial charge in [0.2, 0.25) is 5.91 Å². The summed E-state index contributed by atoms with van der Waals surface area (Å²) in [6.45, 7) is 5.28. The Bertz CT molecular complexity index is 545. The van der Waals surface area contributed by atoms with Crippen LogP contribution in [0.15, 0.2) is 0 Å². The van der Waals surface area contributed by atoms with Crippen molar-refractivity contribution in [3.8, 4) is 0 Å². The number of nitrogens with one attached hydrogen (secondary N) is 1. The number of hydrogen-bond donors (Lipinski definition) is 1. The highest BCUT2D eigenvalue weighted by atomic mass is 32.2. The van der Waals surface area contributed by atoms with Crippen LogP contribution in [0.1, 0.15) is 45.4 Å². The molecule has 1 amide bonds. The Balaban J connectivity index is 1.71. The molecule has 2 saturated heterocycles. The number of hydrogen-bond acceptors (Lipinski definition) is 5. The maximum Gasteiger partial charge on any atom is 0.237 e. The summed E-state index contributed by atoms with van der Waals surface area (Å²) in [4.78, 5) is 17.3. The van der Waals surface area contributed by atoms with Crippen molar-refractivity contribution in [1.29, 1.82) is 0 Å². The lowest BCUT2D eigenvalue weighted by atomic mass is 9.92. The molecular weight excluding hydrogens is 326 g/mol. The average Bonchev–Trinajstić information content (AvgIpc) is 2.90. The predicted molar refractivity (Wildman–Crippen MR) is 94.7 cm³/mol. The van der Waals surface area contributed by atoms with E-state index in [-0.39, 0.29) is 29.5 Å². The van der Waals surface area contributed by atoms with Gasteiger partial charge in [-0.2, -0.15) is 0 Å². The van der Waals surface area contributed by atoms with E-state index in [4.69, 9.17) is 0 Å². The van der Waals surface area contributed by atoms with Crippen LogP contribution in [-0.4, -0.2) is 79.9 Å². The number of amides is 1. The third-order valence-electron chi connectivity index (χ3n) is 5.84. The van der Waals surface area contributed by atoms with E-state index in [1.54, 1.807) is 0 Å². The van der Waals surface area contributed by atoms with E-state index in [1.807, 2.05) is 4.90 Å². The number of carbonyl (C=O) groups excluding carboxylic acids is 1. The fraction of sp³-hybridized carbons (Fsp3) is 0.941. The zero-order valence-electron chi connectivity index (χ0n) is 14.7. The minimum absolute atomic E-state index is 0.108. The van der Waals surface area contributed by atoms with Crippen molar-refractivity contribution in [3.63, 3.8) is 0 Å². The summed E-state index contributed by atoms with van der Waals surface area (Å²) < 4.78 is 23.9. The number of rotatable bonds is 4. The first-order chi connectivity index (χ1) is 11.5. The lowest BCUT2D eigenvalue weighted by molar-refractivity contribution is -0.138. The lowest BCUT2D eigenvalue weighted by Crippen LogP contribution is -2.56. The van der Waals surface area contributed by atoms with Crippen LogP contribution in [0, 0.1) is 0 Å². The molecule has 3 rings (SSSR count). The minimum atomic E-state index is -2.97. The van der Waals surface area contributed by atoms with Gasteiger partial charge in [0.25, 0.3) is 0 Å². The summed E-state index contributed by atoms with van der Waals surface area (Å²) in [5.74, 6) is 0.530. The monoisotopic (exact) mass is 357 g/mol. The molecule has 1 unspecified atom stereocenters. The Morgan fingerprint density at radius 1 is 1.17 bits per heavy atom. The van der Waals surface area contributed by atoms with Gasteiger partial charge >= 0.3 is 0 Å². The van der Waals surface area contributed by atoms with Gasteiger partial charge in [-0.3, -0.25) is 9.69 Å². The van der Waals surface area contributed by atoms with Crippen LogP contribution in [-0.2, 0) is 14.6 Å². The molecule has 0 aromatic rings. The Kier molecular flexibility index (Phi) is 5.82. The molecule has 1 saturated carbocycles. The molecule has 7 heteroatoms. The minimum Gasteiger partial charge on any atom is -0.335 e. The van der Waals surface area contributed by atoms with Crippen LogP contribution in [0.5, 0.6) is 0 Å². The van der Waals surface area contributed by atoms with Crippen molar-refractivity contribution in [3.05, 3.63) is 0 Å². The maximum absolute atomic E-state index is 13.1. The molecule has 0 aromatic heterocycles. The van der Waals surface area contributed by atoms with Crippen molar-refractivity contribution < 1.29 is 13.2 Å². The molecule has 0 spiro atoms. The molecule has 2 aliphatic heterocycles. The number of sulfone groups is 1. The molecule has 2 heterocycles. The van der Waals surface area contributed by atoms with E-state index in [2.05, 4.69) is 17.1 Å². The fourth-order valence-corrected chi connectivity index (χ4v) is 6.14. The van der Waals surface area contributed by atoms with Gasteiger partial charge in [0, 0.05) is 37.8 Å². The molecule has 1 N–H and O–H groups in total. The van der Waals surface area contributed by atoms with Crippen LogP contribution >= 0.6 is 0 Å². The normalized spacial score (nSPS) is 31.9. The summed E-state index contributed by atoms with van der Waals surface area (Å²) in [5, 5.41) is 3.35. The first kappa shape index (κ1) is 18.1. The number of nitrogens with zero attached hydrogens (tertiary/aromatic N) is 2. The summed E-state index contributed by atoms with van der Waals surface area (Å²) in [5.41, 5.74) is 0. The maximum atomic E-state index is 13.1. The third-order valence-corrected chi connectivity index (χ3v) is 7.59. The van der Waals surface area contributed by atoms with E-state index < -0.39 is 9.84 Å². The topological polar surface area (TPSA) is 69.7 Å². The van der Waals surface area contributed by atoms with E-state index in [0.717, 1.165) is 45.3 Å². The first-order valence-electron chi connectivity index (χ1n) is 9.42. The average molecular weight is 358 g/mol. The lowest BCUT2D eigenvalue weighted by Gasteiger charge is -2.41. The van der Waals surface area contributed by atoms with Gasteiger partial charge in [-0.25, -0.2) is 8.42 Å². The third kappa shape index (κ3) is 4.29. The Labute approximate surface area is 145 Å². The highest BCUT2D eigenvalue weighted by Gasteiger charge is 2.39. The molecule has 0 aromatic carbocycles. The zero-order chi connectivity index (χ0) is 17.2. The highest BCUT2D eigenvalue weighted by Crippen LogP contribution is 2.28. The van der Waals surface area contributed by atoms with E-state index >= 15 is 0 Å². The van der Waals surface area contributed by atoms with Crippen molar-refractivity contribution in [2.45, 2.75) is 63.6 Å². The number of carbonyl (C=O) groups is 1. The van der Waals surface area contributed by atoms with Gasteiger partial charge < -0.3 is 10.2 Å². The van der Waals surface area contributed by atoms with Gasteiger partial charge in [0.05, 0.1) is 18.1 Å². The SMILES string of the molecule is C[C@@H]1CNCCN1CC(=O)N(C1CCCCC1)C1CCS(=O)(=O)C1. The second-order valence-electron chi connectivity index (χ2n) is 7.67. The van der Waals surface area contributed by atoms with Gasteiger partial charge in [-0.15, -0.1) is 0 Å². The van der Waals surface area contributed by atoms with Crippen molar-refractivity contribution >= 4 is 15.7 Å². The van der Waals surface area contributed by atoms with Crippen LogP contribution < -0.4 is 5.32 Å². The second kappa shape index (κ2) is 7.70. The largest absolute Gasteiger partial charge is 0.335 e. The standard InChI is InChI=1S/C17H31N3O3S/c1-14-11-18-8-9-19(14)12-17(21)20(15-5-3-2-4-6-15)16-7-10-24(22,23)13-16/h14-16,18H,2-13H2,1H3/t14-,16?/m1/s1. The molecule has 24 heavy (non-hydrogen) atoms. The van der Waals surface area contributed by atoms with Crippen LogP contribution in [0.3, 0.4) is 0 Å². The summed E-state index contributed by atoms with van der Waals surface area (Å²) in [6, 6.07) is 0.481. The quantitative estimate of drug-likeness (QED) is 0.799. The molecule has 0 bridgehead atoms. The van der Waals surface area contributed by atoms with Gasteiger partial charge in [0.1, 0.15) is 0 Å². The van der Waals surface area contributed by atoms with Crippen molar-refractivity contribution in [1.82, 2.24) is 15.1 Å². The Hall–Kier alpha value is -0.660. The van der Waals surface area contributed by atoms with E-state index in [0.29, 0.717) is 19.0 Å². The van der Waals surface area contributed by atoms with Crippen LogP contribution in [0.4, 0.5) is 0 Å². The van der Waals surface area contributed by atoms with Gasteiger partial charge in [0.15, 0.2) is 9.84 Å². The van der Waals surface area contributed by atoms with E-state index in [1.165, 1.54) is 6.42 Å². The molecule has 2 atom stereocenters. The first-order valence-corrected chi connectivity index (χ1v) is 11.2. The summed E-state index contributed by atoms with van der Waals surface area (Å²) in [6.07, 6.45) is 6.20. The van der Waals surface area contributed by atoms with Crippen molar-refractivity contribution in [2.24, 2.45) is 0 Å². The van der Waals surface area contributed by atoms with Gasteiger partial charge in [-0.05, 0) is 26.2 Å². The molecular formula is C17H31N3O3S. The zero-order valence-corrected chi connectivity index (χ0v) is 15.6. The smallest absolute Gasteiger partial charge is 0.237 e.